The maximum absolute atomic E-state index is 13.9. The van der Waals surface area contributed by atoms with Crippen LogP contribution in [0.2, 0.25) is 5.02 Å². The smallest absolute Gasteiger partial charge is 0.414 e. The van der Waals surface area contributed by atoms with E-state index in [0.717, 1.165) is 6.07 Å². The van der Waals surface area contributed by atoms with Crippen molar-refractivity contribution >= 4 is 23.6 Å². The van der Waals surface area contributed by atoms with Crippen LogP contribution in [0.4, 0.5) is 22.4 Å². The van der Waals surface area contributed by atoms with Crippen molar-refractivity contribution < 1.29 is 45.8 Å². The second kappa shape index (κ2) is 12.0. The van der Waals surface area contributed by atoms with Crippen molar-refractivity contribution in [2.75, 3.05) is 19.8 Å². The molecule has 1 aliphatic heterocycles. The van der Waals surface area contributed by atoms with E-state index < -0.39 is 67.4 Å². The summed E-state index contributed by atoms with van der Waals surface area (Å²) in [6, 6.07) is 2.48. The van der Waals surface area contributed by atoms with Crippen LogP contribution in [-0.4, -0.2) is 64.7 Å². The number of amides is 2. The molecule has 1 aromatic carbocycles. The van der Waals surface area contributed by atoms with Gasteiger partial charge in [0.15, 0.2) is 18.2 Å². The largest absolute Gasteiger partial charge is 0.481 e. The van der Waals surface area contributed by atoms with Gasteiger partial charge < -0.3 is 23.9 Å². The first kappa shape index (κ1) is 29.3. The van der Waals surface area contributed by atoms with Crippen LogP contribution in [0.3, 0.4) is 0 Å². The van der Waals surface area contributed by atoms with Gasteiger partial charge in [-0.2, -0.15) is 13.2 Å². The fraction of sp³-hybridized carbons (Fsp3) is 0.565. The van der Waals surface area contributed by atoms with Gasteiger partial charge in [0.05, 0.1) is 6.42 Å². The molecule has 2 aromatic rings. The predicted octanol–water partition coefficient (Wildman–Crippen LogP) is 4.83. The summed E-state index contributed by atoms with van der Waals surface area (Å²) in [6.07, 6.45) is -6.17. The van der Waals surface area contributed by atoms with Gasteiger partial charge in [0.25, 0.3) is 5.91 Å². The standard InChI is InChI=1S/C23H27ClF4N4O6/c1-22(2,3)38-21(34)32-11-14(29-18(33)12-36-17-7-4-13(24)10-15(17)25)5-6-16(32)19-30-31-20(37-19)35-9-8-23(26,27)28/h4,7,10,14,16H,5-6,8-9,11-12H2,1-3H3,(H,29,33)/t14-,16+/m0/s1. The minimum Gasteiger partial charge on any atom is -0.481 e. The van der Waals surface area contributed by atoms with Crippen molar-refractivity contribution in [1.82, 2.24) is 20.4 Å². The lowest BCUT2D eigenvalue weighted by molar-refractivity contribution is -0.140. The van der Waals surface area contributed by atoms with E-state index in [1.807, 2.05) is 0 Å². The number of nitrogens with one attached hydrogen (secondary N) is 1. The summed E-state index contributed by atoms with van der Waals surface area (Å²) in [4.78, 5) is 26.7. The number of halogens is 5. The lowest BCUT2D eigenvalue weighted by atomic mass is 9.98. The van der Waals surface area contributed by atoms with Crippen LogP contribution < -0.4 is 14.8 Å². The van der Waals surface area contributed by atoms with E-state index in [1.54, 1.807) is 20.8 Å². The molecule has 2 atom stereocenters. The monoisotopic (exact) mass is 566 g/mol. The van der Waals surface area contributed by atoms with Gasteiger partial charge in [0, 0.05) is 17.6 Å². The second-order valence-corrected chi connectivity index (χ2v) is 9.91. The first-order valence-electron chi connectivity index (χ1n) is 11.6. The SMILES string of the molecule is CC(C)(C)OC(=O)N1C[C@@H](NC(=O)COc2ccc(Cl)cc2F)CC[C@@H]1c1nnc(OCCC(F)(F)F)o1. The van der Waals surface area contributed by atoms with E-state index in [4.69, 9.17) is 30.2 Å². The zero-order valence-electron chi connectivity index (χ0n) is 20.8. The van der Waals surface area contributed by atoms with Crippen LogP contribution in [0, 0.1) is 5.82 Å². The molecule has 10 nitrogen and oxygen atoms in total. The highest BCUT2D eigenvalue weighted by atomic mass is 35.5. The highest BCUT2D eigenvalue weighted by molar-refractivity contribution is 6.30. The summed E-state index contributed by atoms with van der Waals surface area (Å²) >= 11 is 5.70. The van der Waals surface area contributed by atoms with E-state index in [2.05, 4.69) is 15.5 Å². The molecule has 3 rings (SSSR count). The number of alkyl halides is 3. The summed E-state index contributed by atoms with van der Waals surface area (Å²) in [6.45, 7) is 3.84. The van der Waals surface area contributed by atoms with E-state index in [9.17, 15) is 27.2 Å². The van der Waals surface area contributed by atoms with Crippen molar-refractivity contribution in [3.8, 4) is 11.8 Å². The molecule has 210 valence electrons. The maximum atomic E-state index is 13.9. The molecule has 1 aromatic heterocycles. The Morgan fingerprint density at radius 2 is 1.92 bits per heavy atom. The molecule has 0 spiro atoms. The second-order valence-electron chi connectivity index (χ2n) is 9.47. The normalized spacial score (nSPS) is 18.2. The zero-order chi connectivity index (χ0) is 28.1. The van der Waals surface area contributed by atoms with Crippen molar-refractivity contribution in [1.29, 1.82) is 0 Å². The van der Waals surface area contributed by atoms with E-state index in [1.165, 1.54) is 17.0 Å². The van der Waals surface area contributed by atoms with E-state index >= 15 is 0 Å². The number of rotatable bonds is 8. The summed E-state index contributed by atoms with van der Waals surface area (Å²) < 4.78 is 71.9. The Morgan fingerprint density at radius 1 is 1.18 bits per heavy atom. The highest BCUT2D eigenvalue weighted by Gasteiger charge is 2.39. The van der Waals surface area contributed by atoms with Gasteiger partial charge in [-0.1, -0.05) is 16.7 Å². The van der Waals surface area contributed by atoms with Crippen LogP contribution in [0.25, 0.3) is 0 Å². The topological polar surface area (TPSA) is 116 Å². The lowest BCUT2D eigenvalue weighted by Crippen LogP contribution is -2.52. The number of piperidine rings is 1. The van der Waals surface area contributed by atoms with Gasteiger partial charge in [-0.25, -0.2) is 9.18 Å². The third-order valence-corrected chi connectivity index (χ3v) is 5.38. The molecule has 1 aliphatic rings. The molecule has 1 fully saturated rings. The lowest BCUT2D eigenvalue weighted by Gasteiger charge is -2.38. The number of likely N-dealkylation sites (tertiary alicyclic amines) is 1. The number of nitrogens with zero attached hydrogens (tertiary/aromatic N) is 3. The quantitative estimate of drug-likeness (QED) is 0.452. The molecule has 2 heterocycles. The van der Waals surface area contributed by atoms with Crippen molar-refractivity contribution in [3.05, 3.63) is 34.9 Å². The molecular weight excluding hydrogens is 540 g/mol. The Bertz CT molecular complexity index is 1120. The number of hydrogen-bond donors (Lipinski definition) is 1. The van der Waals surface area contributed by atoms with Gasteiger partial charge >= 0.3 is 18.3 Å². The number of aromatic nitrogens is 2. The molecule has 0 bridgehead atoms. The number of ether oxygens (including phenoxy) is 3. The highest BCUT2D eigenvalue weighted by Crippen LogP contribution is 2.33. The van der Waals surface area contributed by atoms with Gasteiger partial charge in [-0.15, -0.1) is 5.10 Å². The van der Waals surface area contributed by atoms with Gasteiger partial charge in [0.2, 0.25) is 5.89 Å². The van der Waals surface area contributed by atoms with E-state index in [0.29, 0.717) is 6.42 Å². The molecule has 1 saturated heterocycles. The van der Waals surface area contributed by atoms with Crippen LogP contribution in [0.15, 0.2) is 22.6 Å². The van der Waals surface area contributed by atoms with E-state index in [-0.39, 0.29) is 29.6 Å². The first-order chi connectivity index (χ1) is 17.7. The average Bonchev–Trinajstić information content (AvgIpc) is 3.25. The molecule has 0 aliphatic carbocycles. The van der Waals surface area contributed by atoms with Gasteiger partial charge in [-0.3, -0.25) is 9.69 Å². The molecule has 15 heteroatoms. The maximum Gasteiger partial charge on any atom is 0.414 e. The van der Waals surface area contributed by atoms with Gasteiger partial charge in [-0.05, 0) is 51.8 Å². The Hall–Kier alpha value is -3.29. The zero-order valence-corrected chi connectivity index (χ0v) is 21.6. The molecular formula is C23H27ClF4N4O6. The molecule has 0 saturated carbocycles. The Kier molecular flexibility index (Phi) is 9.28. The number of benzene rings is 1. The summed E-state index contributed by atoms with van der Waals surface area (Å²) in [5.74, 6) is -1.47. The van der Waals surface area contributed by atoms with Crippen LogP contribution in [0.5, 0.6) is 11.8 Å². The first-order valence-corrected chi connectivity index (χ1v) is 12.0. The summed E-state index contributed by atoms with van der Waals surface area (Å²) in [7, 11) is 0. The molecule has 0 radical (unpaired) electrons. The third-order valence-electron chi connectivity index (χ3n) is 5.15. The number of carbonyl (C=O) groups is 2. The fourth-order valence-electron chi connectivity index (χ4n) is 3.54. The summed E-state index contributed by atoms with van der Waals surface area (Å²) in [5, 5.41) is 10.3. The fourth-order valence-corrected chi connectivity index (χ4v) is 3.70. The van der Waals surface area contributed by atoms with Crippen molar-refractivity contribution in [2.24, 2.45) is 0 Å². The number of carbonyl (C=O) groups excluding carboxylic acids is 2. The van der Waals surface area contributed by atoms with Crippen molar-refractivity contribution in [3.63, 3.8) is 0 Å². The van der Waals surface area contributed by atoms with Crippen LogP contribution in [-0.2, 0) is 9.53 Å². The number of hydrogen-bond acceptors (Lipinski definition) is 8. The average molecular weight is 567 g/mol. The molecule has 1 N–H and O–H groups in total. The summed E-state index contributed by atoms with van der Waals surface area (Å²) in [5.41, 5.74) is -0.838. The Morgan fingerprint density at radius 3 is 2.58 bits per heavy atom. The predicted molar refractivity (Wildman–Crippen MR) is 124 cm³/mol. The molecule has 0 unspecified atom stereocenters. The third kappa shape index (κ3) is 8.92. The minimum atomic E-state index is -4.41. The minimum absolute atomic E-state index is 0.00668. The molecule has 2 amide bonds. The Balaban J connectivity index is 1.64. The Labute approximate surface area is 220 Å². The van der Waals surface area contributed by atoms with Crippen LogP contribution in [0.1, 0.15) is 52.0 Å². The molecule has 38 heavy (non-hydrogen) atoms. The van der Waals surface area contributed by atoms with Gasteiger partial charge in [0.1, 0.15) is 18.2 Å². The van der Waals surface area contributed by atoms with Crippen LogP contribution >= 0.6 is 11.6 Å². The van der Waals surface area contributed by atoms with Crippen molar-refractivity contribution in [2.45, 2.75) is 63.9 Å².